The second kappa shape index (κ2) is 8.23. The zero-order valence-corrected chi connectivity index (χ0v) is 15.3. The second-order valence-corrected chi connectivity index (χ2v) is 6.45. The van der Waals surface area contributed by atoms with Crippen LogP contribution in [0.1, 0.15) is 32.3 Å². The second-order valence-electron chi connectivity index (χ2n) is 6.45. The summed E-state index contributed by atoms with van der Waals surface area (Å²) in [5.41, 5.74) is 2.49. The molecule has 4 nitrogen and oxygen atoms in total. The number of hydrogen-bond acceptors (Lipinski definition) is 3. The predicted molar refractivity (Wildman–Crippen MR) is 104 cm³/mol. The van der Waals surface area contributed by atoms with Gasteiger partial charge in [-0.3, -0.25) is 14.6 Å². The van der Waals surface area contributed by atoms with Crippen LogP contribution in [0.25, 0.3) is 0 Å². The molecule has 1 aliphatic heterocycles. The number of aliphatic imine (C=N–C) groups is 1. The van der Waals surface area contributed by atoms with Gasteiger partial charge in [-0.1, -0.05) is 38.1 Å². The third kappa shape index (κ3) is 3.83. The summed E-state index contributed by atoms with van der Waals surface area (Å²) in [4.78, 5) is 21.6. The number of anilines is 1. The van der Waals surface area contributed by atoms with E-state index in [-0.39, 0.29) is 11.7 Å². The maximum absolute atomic E-state index is 13.5. The smallest absolute Gasteiger partial charge is 0.278 e. The first kappa shape index (κ1) is 18.3. The summed E-state index contributed by atoms with van der Waals surface area (Å²) in [5, 5.41) is 0. The maximum atomic E-state index is 13.5. The first-order chi connectivity index (χ1) is 12.6. The number of amides is 1. The minimum atomic E-state index is -0.362. The lowest BCUT2D eigenvalue weighted by Gasteiger charge is -2.27. The molecule has 1 heterocycles. The van der Waals surface area contributed by atoms with Gasteiger partial charge in [0.2, 0.25) is 0 Å². The van der Waals surface area contributed by atoms with Crippen molar-refractivity contribution in [2.24, 2.45) is 4.99 Å². The molecule has 0 radical (unpaired) electrons. The van der Waals surface area contributed by atoms with Gasteiger partial charge in [-0.05, 0) is 50.2 Å². The minimum absolute atomic E-state index is 0.132. The molecule has 136 valence electrons. The van der Waals surface area contributed by atoms with Crippen molar-refractivity contribution < 1.29 is 9.18 Å². The molecule has 2 aromatic rings. The van der Waals surface area contributed by atoms with E-state index < -0.39 is 0 Å². The summed E-state index contributed by atoms with van der Waals surface area (Å²) in [5.74, 6) is -0.493. The molecular weight excluding hydrogens is 329 g/mol. The molecule has 3 rings (SSSR count). The molecule has 0 atom stereocenters. The van der Waals surface area contributed by atoms with Crippen molar-refractivity contribution in [2.45, 2.75) is 26.7 Å². The molecule has 0 unspecified atom stereocenters. The van der Waals surface area contributed by atoms with Crippen LogP contribution in [0.5, 0.6) is 0 Å². The molecule has 0 fully saturated rings. The van der Waals surface area contributed by atoms with Crippen LogP contribution in [0.4, 0.5) is 15.8 Å². The summed E-state index contributed by atoms with van der Waals surface area (Å²) in [6, 6.07) is 13.7. The minimum Gasteiger partial charge on any atom is -0.293 e. The van der Waals surface area contributed by atoms with Crippen LogP contribution in [0.15, 0.2) is 53.5 Å². The lowest BCUT2D eigenvalue weighted by molar-refractivity contribution is -0.112. The van der Waals surface area contributed by atoms with Gasteiger partial charge in [0.15, 0.2) is 0 Å². The van der Waals surface area contributed by atoms with E-state index in [4.69, 9.17) is 0 Å². The zero-order valence-electron chi connectivity index (χ0n) is 15.3. The van der Waals surface area contributed by atoms with E-state index in [0.29, 0.717) is 18.1 Å². The van der Waals surface area contributed by atoms with Crippen molar-refractivity contribution in [2.75, 3.05) is 24.7 Å². The van der Waals surface area contributed by atoms with Crippen LogP contribution in [-0.4, -0.2) is 36.3 Å². The third-order valence-electron chi connectivity index (χ3n) is 4.37. The van der Waals surface area contributed by atoms with Gasteiger partial charge in [0.1, 0.15) is 11.5 Å². The molecule has 2 aromatic carbocycles. The van der Waals surface area contributed by atoms with Gasteiger partial charge in [-0.2, -0.15) is 0 Å². The quantitative estimate of drug-likeness (QED) is 0.741. The van der Waals surface area contributed by atoms with Gasteiger partial charge in [0.05, 0.1) is 18.0 Å². The molecule has 0 aliphatic carbocycles. The van der Waals surface area contributed by atoms with E-state index in [1.54, 1.807) is 17.0 Å². The number of benzene rings is 2. The lowest BCUT2D eigenvalue weighted by Crippen LogP contribution is -2.41. The van der Waals surface area contributed by atoms with E-state index in [0.717, 1.165) is 37.2 Å². The zero-order chi connectivity index (χ0) is 18.5. The molecule has 0 saturated heterocycles. The van der Waals surface area contributed by atoms with E-state index in [9.17, 15) is 9.18 Å². The summed E-state index contributed by atoms with van der Waals surface area (Å²) < 4.78 is 13.5. The van der Waals surface area contributed by atoms with Crippen molar-refractivity contribution in [3.8, 4) is 0 Å². The molecule has 0 N–H and O–H groups in total. The highest BCUT2D eigenvalue weighted by Gasteiger charge is 2.34. The number of carbonyl (C=O) groups is 1. The van der Waals surface area contributed by atoms with Gasteiger partial charge in [0.25, 0.3) is 5.91 Å². The van der Waals surface area contributed by atoms with Gasteiger partial charge in [-0.15, -0.1) is 0 Å². The highest BCUT2D eigenvalue weighted by Crippen LogP contribution is 2.31. The molecule has 0 aromatic heterocycles. The fraction of sp³-hybridized carbons (Fsp3) is 0.333. The topological polar surface area (TPSA) is 35.9 Å². The van der Waals surface area contributed by atoms with Crippen LogP contribution in [0.2, 0.25) is 0 Å². The molecule has 0 saturated carbocycles. The van der Waals surface area contributed by atoms with Crippen LogP contribution >= 0.6 is 0 Å². The summed E-state index contributed by atoms with van der Waals surface area (Å²) in [6.45, 7) is 6.70. The standard InChI is InChI=1S/C21H24FN3O/c1-3-12-24(13-4-2)15-25-19-11-6-5-10-18(19)20(21(25)26)23-17-9-7-8-16(22)14-17/h5-11,14H,3-4,12-13,15H2,1-2H3. The number of nitrogens with zero attached hydrogens (tertiary/aromatic N) is 3. The Balaban J connectivity index is 1.95. The molecule has 0 spiro atoms. The Kier molecular flexibility index (Phi) is 5.78. The van der Waals surface area contributed by atoms with Crippen molar-refractivity contribution in [3.05, 3.63) is 59.9 Å². The van der Waals surface area contributed by atoms with Gasteiger partial charge < -0.3 is 0 Å². The maximum Gasteiger partial charge on any atom is 0.278 e. The Morgan fingerprint density at radius 2 is 1.77 bits per heavy atom. The SMILES string of the molecule is CCCN(CCC)CN1C(=O)C(=Nc2cccc(F)c2)c2ccccc21. The average molecular weight is 353 g/mol. The predicted octanol–water partition coefficient (Wildman–Crippen LogP) is 4.37. The number of carbonyl (C=O) groups excluding carboxylic acids is 1. The highest BCUT2D eigenvalue weighted by atomic mass is 19.1. The Morgan fingerprint density at radius 3 is 2.46 bits per heavy atom. The number of para-hydroxylation sites is 1. The van der Waals surface area contributed by atoms with E-state index in [2.05, 4.69) is 23.7 Å². The van der Waals surface area contributed by atoms with E-state index in [1.807, 2.05) is 24.3 Å². The Morgan fingerprint density at radius 1 is 1.04 bits per heavy atom. The van der Waals surface area contributed by atoms with E-state index >= 15 is 0 Å². The van der Waals surface area contributed by atoms with Crippen LogP contribution in [0, 0.1) is 5.82 Å². The average Bonchev–Trinajstić information content (AvgIpc) is 2.88. The first-order valence-corrected chi connectivity index (χ1v) is 9.12. The van der Waals surface area contributed by atoms with Crippen molar-refractivity contribution in [1.82, 2.24) is 4.90 Å². The number of halogens is 1. The monoisotopic (exact) mass is 353 g/mol. The largest absolute Gasteiger partial charge is 0.293 e. The first-order valence-electron chi connectivity index (χ1n) is 9.12. The number of rotatable bonds is 7. The Labute approximate surface area is 154 Å². The van der Waals surface area contributed by atoms with Crippen molar-refractivity contribution >= 4 is 23.0 Å². The molecule has 0 bridgehead atoms. The number of fused-ring (bicyclic) bond motifs is 1. The van der Waals surface area contributed by atoms with E-state index in [1.165, 1.54) is 12.1 Å². The normalized spacial score (nSPS) is 15.2. The van der Waals surface area contributed by atoms with Gasteiger partial charge in [-0.25, -0.2) is 9.38 Å². The van der Waals surface area contributed by atoms with Crippen LogP contribution in [0.3, 0.4) is 0 Å². The van der Waals surface area contributed by atoms with Crippen LogP contribution < -0.4 is 4.90 Å². The number of hydrogen-bond donors (Lipinski definition) is 0. The van der Waals surface area contributed by atoms with Crippen LogP contribution in [-0.2, 0) is 4.79 Å². The van der Waals surface area contributed by atoms with Crippen molar-refractivity contribution in [3.63, 3.8) is 0 Å². The Hall–Kier alpha value is -2.53. The molecule has 1 aliphatic rings. The van der Waals surface area contributed by atoms with Gasteiger partial charge in [0, 0.05) is 5.56 Å². The molecule has 1 amide bonds. The summed E-state index contributed by atoms with van der Waals surface area (Å²) in [6.07, 6.45) is 2.07. The highest BCUT2D eigenvalue weighted by molar-refractivity contribution is 6.54. The molecule has 5 heteroatoms. The Bertz CT molecular complexity index is 812. The lowest BCUT2D eigenvalue weighted by atomic mass is 10.1. The summed E-state index contributed by atoms with van der Waals surface area (Å²) >= 11 is 0. The molecule has 26 heavy (non-hydrogen) atoms. The van der Waals surface area contributed by atoms with Crippen molar-refractivity contribution in [1.29, 1.82) is 0 Å². The third-order valence-corrected chi connectivity index (χ3v) is 4.37. The fourth-order valence-corrected chi connectivity index (χ4v) is 3.27. The molecular formula is C21H24FN3O. The van der Waals surface area contributed by atoms with Gasteiger partial charge >= 0.3 is 0 Å². The summed E-state index contributed by atoms with van der Waals surface area (Å²) in [7, 11) is 0. The fourth-order valence-electron chi connectivity index (χ4n) is 3.27.